The lowest BCUT2D eigenvalue weighted by atomic mass is 10.2. The number of guanidine groups is 1. The predicted octanol–water partition coefficient (Wildman–Crippen LogP) is 2.46. The number of anilines is 1. The average molecular weight is 420 g/mol. The second-order valence-corrected chi connectivity index (χ2v) is 5.03. The Balaban J connectivity index is 0.00000441. The van der Waals surface area contributed by atoms with E-state index < -0.39 is 0 Å². The third-order valence-electron chi connectivity index (χ3n) is 3.03. The van der Waals surface area contributed by atoms with Gasteiger partial charge in [0.1, 0.15) is 0 Å². The van der Waals surface area contributed by atoms with Gasteiger partial charge in [0.05, 0.1) is 6.54 Å². The van der Waals surface area contributed by atoms with Crippen LogP contribution in [-0.2, 0) is 11.3 Å². The molecule has 0 aliphatic carbocycles. The summed E-state index contributed by atoms with van der Waals surface area (Å²) in [6.45, 7) is 5.22. The maximum atomic E-state index is 5.04. The highest BCUT2D eigenvalue weighted by Crippen LogP contribution is 2.12. The molecule has 0 aliphatic rings. The molecule has 22 heavy (non-hydrogen) atoms. The summed E-state index contributed by atoms with van der Waals surface area (Å²) in [6.07, 6.45) is 0.971. The first-order valence-electron chi connectivity index (χ1n) is 7.44. The summed E-state index contributed by atoms with van der Waals surface area (Å²) in [5, 5.41) is 6.56. The normalized spacial score (nSPS) is 10.8. The number of ether oxygens (including phenoxy) is 1. The molecular formula is C16H29IN4O. The third kappa shape index (κ3) is 8.43. The zero-order valence-corrected chi connectivity index (χ0v) is 16.4. The van der Waals surface area contributed by atoms with Crippen LogP contribution < -0.4 is 15.5 Å². The molecular weight excluding hydrogens is 391 g/mol. The predicted molar refractivity (Wildman–Crippen MR) is 105 cm³/mol. The molecule has 0 aromatic heterocycles. The second-order valence-electron chi connectivity index (χ2n) is 5.03. The van der Waals surface area contributed by atoms with Crippen molar-refractivity contribution in [1.29, 1.82) is 0 Å². The van der Waals surface area contributed by atoms with Gasteiger partial charge < -0.3 is 20.3 Å². The molecule has 0 atom stereocenters. The zero-order valence-electron chi connectivity index (χ0n) is 14.1. The van der Waals surface area contributed by atoms with Gasteiger partial charge >= 0.3 is 0 Å². The number of halogens is 1. The highest BCUT2D eigenvalue weighted by molar-refractivity contribution is 14.0. The molecule has 0 fully saturated rings. The Bertz CT molecular complexity index is 421. The van der Waals surface area contributed by atoms with Crippen molar-refractivity contribution in [3.8, 4) is 0 Å². The number of rotatable bonds is 8. The van der Waals surface area contributed by atoms with Crippen LogP contribution in [0.25, 0.3) is 0 Å². The van der Waals surface area contributed by atoms with Gasteiger partial charge in [0.25, 0.3) is 0 Å². The van der Waals surface area contributed by atoms with Crippen molar-refractivity contribution >= 4 is 35.6 Å². The standard InChI is InChI=1S/C16H28N4O.HI/c1-5-17-16(18-11-6-12-21-4)19-13-14-7-9-15(10-8-14)20(2)3;/h7-10H,5-6,11-13H2,1-4H3,(H2,17,18,19);1H. The van der Waals surface area contributed by atoms with E-state index in [4.69, 9.17) is 4.74 Å². The summed E-state index contributed by atoms with van der Waals surface area (Å²) in [5.41, 5.74) is 2.40. The summed E-state index contributed by atoms with van der Waals surface area (Å²) < 4.78 is 5.04. The van der Waals surface area contributed by atoms with Crippen LogP contribution in [0.5, 0.6) is 0 Å². The van der Waals surface area contributed by atoms with Gasteiger partial charge in [-0.25, -0.2) is 4.99 Å². The van der Waals surface area contributed by atoms with Gasteiger partial charge in [0.2, 0.25) is 0 Å². The molecule has 1 rings (SSSR count). The zero-order chi connectivity index (χ0) is 15.5. The first-order valence-corrected chi connectivity index (χ1v) is 7.44. The minimum absolute atomic E-state index is 0. The molecule has 0 saturated carbocycles. The van der Waals surface area contributed by atoms with Gasteiger partial charge in [0.15, 0.2) is 5.96 Å². The van der Waals surface area contributed by atoms with E-state index in [1.807, 2.05) is 14.1 Å². The average Bonchev–Trinajstić information content (AvgIpc) is 2.49. The molecule has 5 nitrogen and oxygen atoms in total. The van der Waals surface area contributed by atoms with Gasteiger partial charge in [0, 0.05) is 46.6 Å². The van der Waals surface area contributed by atoms with Crippen LogP contribution in [-0.4, -0.2) is 46.9 Å². The largest absolute Gasteiger partial charge is 0.385 e. The monoisotopic (exact) mass is 420 g/mol. The molecule has 0 heterocycles. The summed E-state index contributed by atoms with van der Waals surface area (Å²) in [4.78, 5) is 6.69. The molecule has 0 amide bonds. The Hall–Kier alpha value is -1.02. The molecule has 1 aromatic rings. The quantitative estimate of drug-likeness (QED) is 0.294. The van der Waals surface area contributed by atoms with E-state index in [1.54, 1.807) is 7.11 Å². The van der Waals surface area contributed by atoms with E-state index in [0.717, 1.165) is 32.1 Å². The Morgan fingerprint density at radius 2 is 1.86 bits per heavy atom. The lowest BCUT2D eigenvalue weighted by Crippen LogP contribution is -2.38. The molecule has 0 spiro atoms. The second kappa shape index (κ2) is 12.5. The van der Waals surface area contributed by atoms with Crippen molar-refractivity contribution in [2.24, 2.45) is 4.99 Å². The highest BCUT2D eigenvalue weighted by Gasteiger charge is 1.98. The summed E-state index contributed by atoms with van der Waals surface area (Å²) in [5.74, 6) is 0.852. The lowest BCUT2D eigenvalue weighted by molar-refractivity contribution is 0.195. The maximum Gasteiger partial charge on any atom is 0.191 e. The number of hydrogen-bond acceptors (Lipinski definition) is 3. The van der Waals surface area contributed by atoms with Crippen LogP contribution in [0.2, 0.25) is 0 Å². The van der Waals surface area contributed by atoms with E-state index in [9.17, 15) is 0 Å². The molecule has 0 bridgehead atoms. The van der Waals surface area contributed by atoms with Crippen LogP contribution in [0.3, 0.4) is 0 Å². The maximum absolute atomic E-state index is 5.04. The number of aliphatic imine (C=N–C) groups is 1. The summed E-state index contributed by atoms with van der Waals surface area (Å²) >= 11 is 0. The molecule has 0 unspecified atom stereocenters. The van der Waals surface area contributed by atoms with Crippen LogP contribution in [0.4, 0.5) is 5.69 Å². The summed E-state index contributed by atoms with van der Waals surface area (Å²) in [7, 11) is 5.80. The van der Waals surface area contributed by atoms with Gasteiger partial charge in [-0.15, -0.1) is 24.0 Å². The molecule has 126 valence electrons. The van der Waals surface area contributed by atoms with Crippen molar-refractivity contribution in [2.75, 3.05) is 45.8 Å². The van der Waals surface area contributed by atoms with Gasteiger partial charge in [-0.05, 0) is 31.0 Å². The van der Waals surface area contributed by atoms with Gasteiger partial charge in [-0.1, -0.05) is 12.1 Å². The number of methoxy groups -OCH3 is 1. The fourth-order valence-electron chi connectivity index (χ4n) is 1.83. The van der Waals surface area contributed by atoms with Crippen molar-refractivity contribution in [1.82, 2.24) is 10.6 Å². The van der Waals surface area contributed by atoms with Gasteiger partial charge in [-0.3, -0.25) is 0 Å². The minimum Gasteiger partial charge on any atom is -0.385 e. The molecule has 0 radical (unpaired) electrons. The topological polar surface area (TPSA) is 48.9 Å². The van der Waals surface area contributed by atoms with E-state index in [2.05, 4.69) is 51.7 Å². The fourth-order valence-corrected chi connectivity index (χ4v) is 1.83. The van der Waals surface area contributed by atoms with Crippen LogP contribution in [0.1, 0.15) is 18.9 Å². The van der Waals surface area contributed by atoms with Crippen molar-refractivity contribution in [3.63, 3.8) is 0 Å². The molecule has 0 aliphatic heterocycles. The minimum atomic E-state index is 0. The van der Waals surface area contributed by atoms with E-state index in [0.29, 0.717) is 6.54 Å². The van der Waals surface area contributed by atoms with E-state index in [1.165, 1.54) is 11.3 Å². The Morgan fingerprint density at radius 3 is 2.41 bits per heavy atom. The van der Waals surface area contributed by atoms with Crippen molar-refractivity contribution in [3.05, 3.63) is 29.8 Å². The Labute approximate surface area is 151 Å². The highest BCUT2D eigenvalue weighted by atomic mass is 127. The van der Waals surface area contributed by atoms with Crippen LogP contribution >= 0.6 is 24.0 Å². The number of benzene rings is 1. The van der Waals surface area contributed by atoms with Crippen LogP contribution in [0.15, 0.2) is 29.3 Å². The fraction of sp³-hybridized carbons (Fsp3) is 0.562. The third-order valence-corrected chi connectivity index (χ3v) is 3.03. The van der Waals surface area contributed by atoms with E-state index in [-0.39, 0.29) is 24.0 Å². The Kier molecular flexibility index (Phi) is 11.9. The molecule has 1 aromatic carbocycles. The number of nitrogens with one attached hydrogen (secondary N) is 2. The first-order chi connectivity index (χ1) is 10.2. The number of nitrogens with zero attached hydrogens (tertiary/aromatic N) is 2. The van der Waals surface area contributed by atoms with Crippen LogP contribution in [0, 0.1) is 0 Å². The van der Waals surface area contributed by atoms with Crippen molar-refractivity contribution < 1.29 is 4.74 Å². The van der Waals surface area contributed by atoms with E-state index >= 15 is 0 Å². The summed E-state index contributed by atoms with van der Waals surface area (Å²) in [6, 6.07) is 8.47. The smallest absolute Gasteiger partial charge is 0.191 e. The molecule has 0 saturated heterocycles. The number of hydrogen-bond donors (Lipinski definition) is 2. The van der Waals surface area contributed by atoms with Crippen molar-refractivity contribution in [2.45, 2.75) is 19.9 Å². The SMILES string of the molecule is CCNC(=NCc1ccc(N(C)C)cc1)NCCCOC.I. The lowest BCUT2D eigenvalue weighted by Gasteiger charge is -2.13. The van der Waals surface area contributed by atoms with Gasteiger partial charge in [-0.2, -0.15) is 0 Å². The first kappa shape index (κ1) is 21.0. The molecule has 2 N–H and O–H groups in total. The molecule has 6 heteroatoms. The Morgan fingerprint density at radius 1 is 1.18 bits per heavy atom.